The van der Waals surface area contributed by atoms with Crippen molar-refractivity contribution < 1.29 is 0 Å². The molecule has 0 aromatic rings. The standard InChI is InChI=1S/C12H19/c1-5-11-7-9(3)10(4)12(6-2)8-11/h7-8,11H,5-6H2,1-4H3/t11-/m1/s1. The monoisotopic (exact) mass is 163 g/mol. The summed E-state index contributed by atoms with van der Waals surface area (Å²) in [6, 6.07) is 0. The lowest BCUT2D eigenvalue weighted by molar-refractivity contribution is 0.705. The van der Waals surface area contributed by atoms with E-state index in [-0.39, 0.29) is 0 Å². The van der Waals surface area contributed by atoms with Gasteiger partial charge in [0.25, 0.3) is 0 Å². The fraction of sp³-hybridized carbons (Fsp3) is 0.583. The third-order valence-corrected chi connectivity index (χ3v) is 2.80. The molecule has 67 valence electrons. The van der Waals surface area contributed by atoms with Crippen LogP contribution in [0.1, 0.15) is 40.5 Å². The Bertz CT molecular complexity index is 218. The molecule has 0 amide bonds. The lowest BCUT2D eigenvalue weighted by atomic mass is 9.84. The summed E-state index contributed by atoms with van der Waals surface area (Å²) in [5.41, 5.74) is 4.50. The average Bonchev–Trinajstić information content (AvgIpc) is 2.09. The highest BCUT2D eigenvalue weighted by atomic mass is 14.2. The molecule has 0 aromatic carbocycles. The molecule has 12 heavy (non-hydrogen) atoms. The van der Waals surface area contributed by atoms with Crippen LogP contribution in [0.2, 0.25) is 0 Å². The van der Waals surface area contributed by atoms with E-state index in [1.54, 1.807) is 5.57 Å². The molecule has 1 rings (SSSR count). The van der Waals surface area contributed by atoms with E-state index in [0.717, 1.165) is 0 Å². The Kier molecular flexibility index (Phi) is 3.13. The van der Waals surface area contributed by atoms with E-state index in [1.807, 2.05) is 0 Å². The van der Waals surface area contributed by atoms with Crippen molar-refractivity contribution in [3.05, 3.63) is 29.2 Å². The summed E-state index contributed by atoms with van der Waals surface area (Å²) in [6.45, 7) is 8.94. The molecule has 0 bridgehead atoms. The number of hydrogen-bond donors (Lipinski definition) is 0. The minimum atomic E-state index is 0.684. The molecule has 1 aliphatic rings. The summed E-state index contributed by atoms with van der Waals surface area (Å²) in [4.78, 5) is 0. The molecule has 0 aromatic heterocycles. The fourth-order valence-corrected chi connectivity index (χ4v) is 1.75. The van der Waals surface area contributed by atoms with Crippen molar-refractivity contribution in [3.63, 3.8) is 0 Å². The molecule has 0 unspecified atom stereocenters. The molecule has 0 saturated heterocycles. The topological polar surface area (TPSA) is 0 Å². The maximum atomic E-state index is 2.42. The zero-order valence-electron chi connectivity index (χ0n) is 8.65. The maximum absolute atomic E-state index is 2.42. The van der Waals surface area contributed by atoms with Crippen LogP contribution in [0.5, 0.6) is 0 Å². The first-order valence-electron chi connectivity index (χ1n) is 4.92. The van der Waals surface area contributed by atoms with Crippen LogP contribution in [0, 0.1) is 12.3 Å². The van der Waals surface area contributed by atoms with Crippen molar-refractivity contribution in [1.29, 1.82) is 0 Å². The van der Waals surface area contributed by atoms with Gasteiger partial charge in [0.05, 0.1) is 0 Å². The van der Waals surface area contributed by atoms with Gasteiger partial charge < -0.3 is 0 Å². The summed E-state index contributed by atoms with van der Waals surface area (Å²) in [6.07, 6.45) is 7.21. The quantitative estimate of drug-likeness (QED) is 0.579. The Labute approximate surface area is 76.4 Å². The van der Waals surface area contributed by atoms with Gasteiger partial charge in [-0.15, -0.1) is 0 Å². The highest BCUT2D eigenvalue weighted by Crippen LogP contribution is 2.30. The molecule has 0 aliphatic heterocycles. The molecule has 0 nitrogen and oxygen atoms in total. The van der Waals surface area contributed by atoms with Crippen LogP contribution in [-0.2, 0) is 0 Å². The van der Waals surface area contributed by atoms with Gasteiger partial charge in [0.1, 0.15) is 0 Å². The molecular formula is C12H19. The lowest BCUT2D eigenvalue weighted by Gasteiger charge is -2.22. The van der Waals surface area contributed by atoms with Crippen molar-refractivity contribution in [2.45, 2.75) is 40.5 Å². The van der Waals surface area contributed by atoms with Gasteiger partial charge in [-0.25, -0.2) is 0 Å². The van der Waals surface area contributed by atoms with Crippen LogP contribution in [0.15, 0.2) is 22.8 Å². The first-order chi connectivity index (χ1) is 5.69. The Morgan fingerprint density at radius 2 is 1.92 bits per heavy atom. The van der Waals surface area contributed by atoms with E-state index in [2.05, 4.69) is 40.2 Å². The van der Waals surface area contributed by atoms with Crippen LogP contribution >= 0.6 is 0 Å². The average molecular weight is 163 g/mol. The second-order valence-electron chi connectivity index (χ2n) is 3.59. The van der Waals surface area contributed by atoms with Gasteiger partial charge in [0, 0.05) is 0 Å². The van der Waals surface area contributed by atoms with E-state index >= 15 is 0 Å². The maximum Gasteiger partial charge on any atom is -0.00657 e. The minimum Gasteiger partial charge on any atom is -0.0773 e. The summed E-state index contributed by atoms with van der Waals surface area (Å²) in [5.74, 6) is 0.684. The van der Waals surface area contributed by atoms with Crippen molar-refractivity contribution in [1.82, 2.24) is 0 Å². The van der Waals surface area contributed by atoms with Crippen molar-refractivity contribution in [2.75, 3.05) is 0 Å². The SMILES string of the molecule is CCC1=C[C@H](CC)[CH]C(C)=C1C. The molecule has 0 saturated carbocycles. The minimum absolute atomic E-state index is 0.684. The van der Waals surface area contributed by atoms with E-state index in [9.17, 15) is 0 Å². The first kappa shape index (κ1) is 9.57. The van der Waals surface area contributed by atoms with Crippen LogP contribution in [0.25, 0.3) is 0 Å². The third kappa shape index (κ3) is 1.80. The smallest absolute Gasteiger partial charge is 0.00657 e. The van der Waals surface area contributed by atoms with Gasteiger partial charge in [-0.3, -0.25) is 0 Å². The second kappa shape index (κ2) is 3.93. The molecule has 0 spiro atoms. The number of rotatable bonds is 2. The van der Waals surface area contributed by atoms with Gasteiger partial charge in [0.15, 0.2) is 0 Å². The van der Waals surface area contributed by atoms with E-state index in [1.165, 1.54) is 24.0 Å². The van der Waals surface area contributed by atoms with Crippen LogP contribution in [-0.4, -0.2) is 0 Å². The zero-order chi connectivity index (χ0) is 9.14. The molecule has 1 radical (unpaired) electrons. The van der Waals surface area contributed by atoms with Crippen molar-refractivity contribution in [2.24, 2.45) is 5.92 Å². The summed E-state index contributed by atoms with van der Waals surface area (Å²) >= 11 is 0. The highest BCUT2D eigenvalue weighted by Gasteiger charge is 2.14. The van der Waals surface area contributed by atoms with Crippen molar-refractivity contribution in [3.8, 4) is 0 Å². The molecule has 0 heterocycles. The van der Waals surface area contributed by atoms with Crippen molar-refractivity contribution >= 4 is 0 Å². The Morgan fingerprint density at radius 3 is 2.42 bits per heavy atom. The molecule has 1 aliphatic carbocycles. The Hall–Kier alpha value is -0.520. The third-order valence-electron chi connectivity index (χ3n) is 2.80. The van der Waals surface area contributed by atoms with Gasteiger partial charge >= 0.3 is 0 Å². The van der Waals surface area contributed by atoms with Crippen LogP contribution < -0.4 is 0 Å². The summed E-state index contributed by atoms with van der Waals surface area (Å²) < 4.78 is 0. The summed E-state index contributed by atoms with van der Waals surface area (Å²) in [5, 5.41) is 0. The highest BCUT2D eigenvalue weighted by molar-refractivity contribution is 5.41. The van der Waals surface area contributed by atoms with E-state index < -0.39 is 0 Å². The lowest BCUT2D eigenvalue weighted by Crippen LogP contribution is -2.06. The Balaban J connectivity index is 2.85. The molecule has 0 heteroatoms. The molecule has 1 atom stereocenters. The van der Waals surface area contributed by atoms with E-state index in [4.69, 9.17) is 0 Å². The van der Waals surface area contributed by atoms with Gasteiger partial charge in [-0.2, -0.15) is 0 Å². The van der Waals surface area contributed by atoms with Crippen LogP contribution in [0.3, 0.4) is 0 Å². The normalized spacial score (nSPS) is 24.3. The largest absolute Gasteiger partial charge is 0.0773 e. The molecule has 0 fully saturated rings. The second-order valence-corrected chi connectivity index (χ2v) is 3.59. The van der Waals surface area contributed by atoms with Gasteiger partial charge in [-0.05, 0) is 50.2 Å². The predicted molar refractivity (Wildman–Crippen MR) is 54.8 cm³/mol. The predicted octanol–water partition coefficient (Wildman–Crippen LogP) is 3.90. The van der Waals surface area contributed by atoms with E-state index in [0.29, 0.717) is 5.92 Å². The van der Waals surface area contributed by atoms with Gasteiger partial charge in [0.2, 0.25) is 0 Å². The molecular weight excluding hydrogens is 144 g/mol. The van der Waals surface area contributed by atoms with Gasteiger partial charge in [-0.1, -0.05) is 25.5 Å². The number of allylic oxidation sites excluding steroid dienone is 4. The zero-order valence-corrected chi connectivity index (χ0v) is 8.65. The van der Waals surface area contributed by atoms with Crippen LogP contribution in [0.4, 0.5) is 0 Å². The first-order valence-corrected chi connectivity index (χ1v) is 4.92. The summed E-state index contributed by atoms with van der Waals surface area (Å²) in [7, 11) is 0. The molecule has 0 N–H and O–H groups in total. The Morgan fingerprint density at radius 1 is 1.25 bits per heavy atom. The fourth-order valence-electron chi connectivity index (χ4n) is 1.75. The number of hydrogen-bond acceptors (Lipinski definition) is 0.